The minimum atomic E-state index is 0.617. The molecule has 4 heteroatoms. The van der Waals surface area contributed by atoms with Crippen molar-refractivity contribution in [3.05, 3.63) is 89.7 Å². The van der Waals surface area contributed by atoms with Gasteiger partial charge in [0.05, 0.1) is 23.3 Å². The van der Waals surface area contributed by atoms with E-state index >= 15 is 0 Å². The van der Waals surface area contributed by atoms with Crippen molar-refractivity contribution in [2.45, 2.75) is 31.0 Å². The summed E-state index contributed by atoms with van der Waals surface area (Å²) < 4.78 is 8.31. The molecule has 0 bridgehead atoms. The molecule has 0 saturated heterocycles. The van der Waals surface area contributed by atoms with E-state index in [1.165, 1.54) is 16.0 Å². The zero-order valence-electron chi connectivity index (χ0n) is 16.3. The summed E-state index contributed by atoms with van der Waals surface area (Å²) in [5.74, 6) is 2.84. The van der Waals surface area contributed by atoms with Crippen LogP contribution in [0.4, 0.5) is 0 Å². The summed E-state index contributed by atoms with van der Waals surface area (Å²) in [6, 6.07) is 25.0. The monoisotopic (exact) mass is 388 g/mol. The molecule has 0 amide bonds. The first-order valence-corrected chi connectivity index (χ1v) is 10.5. The van der Waals surface area contributed by atoms with Crippen LogP contribution < -0.4 is 4.74 Å². The Kier molecular flexibility index (Phi) is 5.68. The molecule has 0 unspecified atom stereocenters. The molecule has 0 N–H and O–H groups in total. The number of ether oxygens (including phenoxy) is 1. The van der Waals surface area contributed by atoms with Gasteiger partial charge in [-0.15, -0.1) is 11.8 Å². The number of nitrogens with zero attached hydrogens (tertiary/aromatic N) is 2. The Morgan fingerprint density at radius 2 is 1.68 bits per heavy atom. The van der Waals surface area contributed by atoms with Crippen LogP contribution in [0, 0.1) is 13.8 Å². The van der Waals surface area contributed by atoms with Crippen molar-refractivity contribution in [3.8, 4) is 5.75 Å². The maximum absolute atomic E-state index is 6.03. The third kappa shape index (κ3) is 4.23. The number of imidazole rings is 1. The summed E-state index contributed by atoms with van der Waals surface area (Å²) in [6.45, 7) is 5.63. The van der Waals surface area contributed by atoms with Gasteiger partial charge in [0, 0.05) is 4.90 Å². The van der Waals surface area contributed by atoms with Crippen LogP contribution in [-0.2, 0) is 12.3 Å². The molecule has 4 aromatic rings. The van der Waals surface area contributed by atoms with E-state index < -0.39 is 0 Å². The van der Waals surface area contributed by atoms with Crippen molar-refractivity contribution < 1.29 is 4.74 Å². The summed E-state index contributed by atoms with van der Waals surface area (Å²) in [4.78, 5) is 6.12. The van der Waals surface area contributed by atoms with Gasteiger partial charge in [-0.05, 0) is 61.4 Å². The van der Waals surface area contributed by atoms with Gasteiger partial charge in [0.2, 0.25) is 0 Å². The highest BCUT2D eigenvalue weighted by Gasteiger charge is 2.11. The first kappa shape index (κ1) is 18.6. The fourth-order valence-electron chi connectivity index (χ4n) is 3.21. The maximum atomic E-state index is 6.03. The molecule has 3 aromatic carbocycles. The average Bonchev–Trinajstić information content (AvgIpc) is 3.07. The lowest BCUT2D eigenvalue weighted by atomic mass is 10.1. The van der Waals surface area contributed by atoms with Gasteiger partial charge in [0.25, 0.3) is 0 Å². The van der Waals surface area contributed by atoms with Crippen LogP contribution >= 0.6 is 11.8 Å². The second-order valence-corrected chi connectivity index (χ2v) is 7.91. The first-order valence-electron chi connectivity index (χ1n) is 9.53. The molecule has 4 rings (SSSR count). The van der Waals surface area contributed by atoms with Gasteiger partial charge in [-0.25, -0.2) is 4.98 Å². The average molecular weight is 389 g/mol. The van der Waals surface area contributed by atoms with Crippen molar-refractivity contribution in [1.29, 1.82) is 0 Å². The highest BCUT2D eigenvalue weighted by atomic mass is 32.2. The van der Waals surface area contributed by atoms with Crippen LogP contribution in [0.15, 0.2) is 77.7 Å². The normalized spacial score (nSPS) is 11.1. The molecule has 0 atom stereocenters. The number of rotatable bonds is 7. The van der Waals surface area contributed by atoms with Gasteiger partial charge in [0.15, 0.2) is 0 Å². The second kappa shape index (κ2) is 8.53. The molecule has 1 heterocycles. The van der Waals surface area contributed by atoms with E-state index in [4.69, 9.17) is 9.72 Å². The second-order valence-electron chi connectivity index (χ2n) is 6.86. The molecule has 0 fully saturated rings. The fraction of sp³-hybridized carbons (Fsp3) is 0.208. The highest BCUT2D eigenvalue weighted by Crippen LogP contribution is 2.25. The number of aromatic nitrogens is 2. The lowest BCUT2D eigenvalue weighted by Gasteiger charge is -2.12. The Morgan fingerprint density at radius 1 is 0.893 bits per heavy atom. The summed E-state index contributed by atoms with van der Waals surface area (Å²) in [5, 5.41) is 0. The number of thioether (sulfide) groups is 1. The van der Waals surface area contributed by atoms with Gasteiger partial charge in [0.1, 0.15) is 18.2 Å². The van der Waals surface area contributed by atoms with Crippen molar-refractivity contribution in [3.63, 3.8) is 0 Å². The van der Waals surface area contributed by atoms with E-state index in [0.717, 1.165) is 34.9 Å². The number of fused-ring (bicyclic) bond motifs is 1. The quantitative estimate of drug-likeness (QED) is 0.362. The van der Waals surface area contributed by atoms with Gasteiger partial charge in [-0.2, -0.15) is 0 Å². The standard InChI is InChI=1S/C24H24N2OS/c1-18-12-13-20(16-19(18)2)27-15-14-26-23-11-7-6-10-22(23)25-24(26)17-28-21-8-4-3-5-9-21/h3-13,16H,14-15,17H2,1-2H3. The van der Waals surface area contributed by atoms with Crippen LogP contribution in [-0.4, -0.2) is 16.2 Å². The van der Waals surface area contributed by atoms with Gasteiger partial charge in [-0.1, -0.05) is 36.4 Å². The van der Waals surface area contributed by atoms with Crippen molar-refractivity contribution in [2.24, 2.45) is 0 Å². The van der Waals surface area contributed by atoms with Crippen LogP contribution in [0.2, 0.25) is 0 Å². The predicted molar refractivity (Wildman–Crippen MR) is 117 cm³/mol. The lowest BCUT2D eigenvalue weighted by Crippen LogP contribution is -2.11. The molecule has 0 saturated carbocycles. The smallest absolute Gasteiger partial charge is 0.120 e. The van der Waals surface area contributed by atoms with Crippen LogP contribution in [0.1, 0.15) is 17.0 Å². The Hall–Kier alpha value is -2.72. The molecular formula is C24H24N2OS. The zero-order valence-corrected chi connectivity index (χ0v) is 17.1. The summed E-state index contributed by atoms with van der Waals surface area (Å²) >= 11 is 1.81. The molecule has 142 valence electrons. The molecular weight excluding hydrogens is 364 g/mol. The number of para-hydroxylation sites is 2. The third-order valence-electron chi connectivity index (χ3n) is 4.91. The molecule has 0 radical (unpaired) electrons. The Labute approximate surface area is 170 Å². The topological polar surface area (TPSA) is 27.1 Å². The summed E-state index contributed by atoms with van der Waals surface area (Å²) in [5.41, 5.74) is 4.74. The Morgan fingerprint density at radius 3 is 2.50 bits per heavy atom. The number of benzene rings is 3. The van der Waals surface area contributed by atoms with E-state index in [1.807, 2.05) is 30.0 Å². The van der Waals surface area contributed by atoms with E-state index in [1.54, 1.807) is 0 Å². The predicted octanol–water partition coefficient (Wildman–Crippen LogP) is 6.02. The number of hydrogen-bond acceptors (Lipinski definition) is 3. The number of aryl methyl sites for hydroxylation is 2. The first-order chi connectivity index (χ1) is 13.7. The van der Waals surface area contributed by atoms with Crippen molar-refractivity contribution in [2.75, 3.05) is 6.61 Å². The minimum absolute atomic E-state index is 0.617. The minimum Gasteiger partial charge on any atom is -0.492 e. The summed E-state index contributed by atoms with van der Waals surface area (Å²) in [6.07, 6.45) is 0. The molecule has 0 aliphatic heterocycles. The van der Waals surface area contributed by atoms with E-state index in [-0.39, 0.29) is 0 Å². The van der Waals surface area contributed by atoms with E-state index in [2.05, 4.69) is 73.0 Å². The molecule has 0 aliphatic carbocycles. The maximum Gasteiger partial charge on any atom is 0.120 e. The SMILES string of the molecule is Cc1ccc(OCCn2c(CSc3ccccc3)nc3ccccc32)cc1C. The van der Waals surface area contributed by atoms with E-state index in [0.29, 0.717) is 6.61 Å². The summed E-state index contributed by atoms with van der Waals surface area (Å²) in [7, 11) is 0. The largest absolute Gasteiger partial charge is 0.492 e. The van der Waals surface area contributed by atoms with E-state index in [9.17, 15) is 0 Å². The number of hydrogen-bond donors (Lipinski definition) is 0. The third-order valence-corrected chi connectivity index (χ3v) is 5.91. The Bertz CT molecular complexity index is 1070. The lowest BCUT2D eigenvalue weighted by molar-refractivity contribution is 0.298. The molecule has 3 nitrogen and oxygen atoms in total. The van der Waals surface area contributed by atoms with Gasteiger partial charge in [-0.3, -0.25) is 0 Å². The molecule has 1 aromatic heterocycles. The van der Waals surface area contributed by atoms with Gasteiger partial charge >= 0.3 is 0 Å². The fourth-order valence-corrected chi connectivity index (χ4v) is 4.07. The zero-order chi connectivity index (χ0) is 19.3. The van der Waals surface area contributed by atoms with Crippen molar-refractivity contribution >= 4 is 22.8 Å². The van der Waals surface area contributed by atoms with Crippen LogP contribution in [0.25, 0.3) is 11.0 Å². The highest BCUT2D eigenvalue weighted by molar-refractivity contribution is 7.98. The molecule has 0 spiro atoms. The van der Waals surface area contributed by atoms with Crippen LogP contribution in [0.5, 0.6) is 5.75 Å². The van der Waals surface area contributed by atoms with Crippen LogP contribution in [0.3, 0.4) is 0 Å². The molecule has 0 aliphatic rings. The van der Waals surface area contributed by atoms with Gasteiger partial charge < -0.3 is 9.30 Å². The van der Waals surface area contributed by atoms with Crippen molar-refractivity contribution in [1.82, 2.24) is 9.55 Å². The Balaban J connectivity index is 1.50. The molecule has 28 heavy (non-hydrogen) atoms.